The van der Waals surface area contributed by atoms with Gasteiger partial charge in [-0.25, -0.2) is 17.5 Å². The van der Waals surface area contributed by atoms with E-state index in [0.29, 0.717) is 11.8 Å². The maximum Gasteiger partial charge on any atom is 0.215 e. The summed E-state index contributed by atoms with van der Waals surface area (Å²) in [6.45, 7) is 2.06. The SMILES string of the molecule is CCCC1CC[C@@]2(NS1(=O)=O)[C@@H]1CC[C@H]2Cc2cc(-c3cc(-c4ccc(F)cc4)n(C)n3)ccc2C1. The van der Waals surface area contributed by atoms with Crippen molar-refractivity contribution < 1.29 is 12.8 Å². The van der Waals surface area contributed by atoms with Gasteiger partial charge in [-0.3, -0.25) is 4.68 Å². The van der Waals surface area contributed by atoms with Crippen molar-refractivity contribution in [2.75, 3.05) is 0 Å². The van der Waals surface area contributed by atoms with Crippen molar-refractivity contribution in [3.63, 3.8) is 0 Å². The lowest BCUT2D eigenvalue weighted by atomic mass is 9.76. The minimum absolute atomic E-state index is 0.246. The second kappa shape index (κ2) is 8.80. The number of halogens is 1. The van der Waals surface area contributed by atoms with E-state index in [1.807, 2.05) is 11.7 Å². The van der Waals surface area contributed by atoms with Gasteiger partial charge < -0.3 is 0 Å². The van der Waals surface area contributed by atoms with Gasteiger partial charge in [0.2, 0.25) is 10.0 Å². The first-order valence-corrected chi connectivity index (χ1v) is 14.8. The summed E-state index contributed by atoms with van der Waals surface area (Å²) in [5, 5.41) is 4.51. The Morgan fingerprint density at radius 1 is 1.00 bits per heavy atom. The molecule has 2 fully saturated rings. The molecular formula is C29H34FN3O2S. The molecule has 2 aromatic carbocycles. The average molecular weight is 508 g/mol. The number of nitrogens with zero attached hydrogens (tertiary/aromatic N) is 2. The summed E-state index contributed by atoms with van der Waals surface area (Å²) in [5.74, 6) is 0.432. The van der Waals surface area contributed by atoms with Gasteiger partial charge in [-0.05, 0) is 110 Å². The molecule has 3 aliphatic rings. The van der Waals surface area contributed by atoms with Gasteiger partial charge in [0.25, 0.3) is 0 Å². The molecule has 0 radical (unpaired) electrons. The molecule has 1 spiro atoms. The maximum atomic E-state index is 13.4. The Labute approximate surface area is 213 Å². The van der Waals surface area contributed by atoms with Crippen LogP contribution in [-0.4, -0.2) is 29.0 Å². The molecule has 5 nitrogen and oxygen atoms in total. The van der Waals surface area contributed by atoms with Crippen LogP contribution >= 0.6 is 0 Å². The van der Waals surface area contributed by atoms with E-state index in [1.54, 1.807) is 12.1 Å². The van der Waals surface area contributed by atoms with E-state index in [-0.39, 0.29) is 16.6 Å². The standard InChI is InChI=1S/C29H34FN3O2S/c1-3-4-26-13-14-29(32-36(26,34)35)23-9-10-24(29)17-22-15-21(6-5-20(22)16-23)27-18-28(33(2)31-27)19-7-11-25(30)12-8-19/h5-8,11-12,15,18,23-24,26,32H,3-4,9-10,13-14,16-17H2,1-2H3/t23-,24+,26?,29-/m1/s1. The second-order valence-corrected chi connectivity index (χ2v) is 13.0. The van der Waals surface area contributed by atoms with Crippen molar-refractivity contribution in [1.29, 1.82) is 0 Å². The normalized spacial score (nSPS) is 28.7. The lowest BCUT2D eigenvalue weighted by Crippen LogP contribution is -2.61. The van der Waals surface area contributed by atoms with Crippen molar-refractivity contribution in [1.82, 2.24) is 14.5 Å². The zero-order valence-electron chi connectivity index (χ0n) is 21.0. The molecule has 3 aromatic rings. The summed E-state index contributed by atoms with van der Waals surface area (Å²) in [6, 6.07) is 15.2. The highest BCUT2D eigenvalue weighted by Crippen LogP contribution is 2.52. The lowest BCUT2D eigenvalue weighted by molar-refractivity contribution is 0.188. The van der Waals surface area contributed by atoms with Crippen LogP contribution in [0.25, 0.3) is 22.5 Å². The molecule has 1 saturated heterocycles. The fraction of sp³-hybridized carbons (Fsp3) is 0.483. The molecule has 0 amide bonds. The second-order valence-electron chi connectivity index (χ2n) is 11.0. The highest BCUT2D eigenvalue weighted by atomic mass is 32.2. The van der Waals surface area contributed by atoms with Gasteiger partial charge in [-0.15, -0.1) is 0 Å². The smallest absolute Gasteiger partial charge is 0.215 e. The highest BCUT2D eigenvalue weighted by Gasteiger charge is 2.56. The number of aryl methyl sites for hydroxylation is 1. The molecule has 6 rings (SSSR count). The van der Waals surface area contributed by atoms with Crippen LogP contribution in [0.4, 0.5) is 4.39 Å². The van der Waals surface area contributed by atoms with E-state index < -0.39 is 10.0 Å². The minimum Gasteiger partial charge on any atom is -0.267 e. The Morgan fingerprint density at radius 2 is 1.69 bits per heavy atom. The van der Waals surface area contributed by atoms with Gasteiger partial charge in [-0.2, -0.15) is 5.10 Å². The van der Waals surface area contributed by atoms with Crippen LogP contribution in [0.3, 0.4) is 0 Å². The van der Waals surface area contributed by atoms with Gasteiger partial charge in [0.1, 0.15) is 5.82 Å². The van der Waals surface area contributed by atoms with Gasteiger partial charge >= 0.3 is 0 Å². The zero-order valence-corrected chi connectivity index (χ0v) is 21.8. The number of sulfonamides is 1. The third-order valence-electron chi connectivity index (χ3n) is 9.04. The van der Waals surface area contributed by atoms with E-state index in [9.17, 15) is 12.8 Å². The first-order chi connectivity index (χ1) is 17.3. The Kier molecular flexibility index (Phi) is 5.84. The molecule has 1 N–H and O–H groups in total. The molecule has 1 unspecified atom stereocenters. The molecule has 1 aliphatic heterocycles. The molecule has 1 aromatic heterocycles. The number of rotatable bonds is 4. The van der Waals surface area contributed by atoms with Crippen molar-refractivity contribution >= 4 is 10.0 Å². The lowest BCUT2D eigenvalue weighted by Gasteiger charge is -2.45. The molecule has 2 aliphatic carbocycles. The number of aromatic nitrogens is 2. The predicted octanol–water partition coefficient (Wildman–Crippen LogP) is 5.64. The fourth-order valence-corrected chi connectivity index (χ4v) is 9.28. The summed E-state index contributed by atoms with van der Waals surface area (Å²) in [7, 11) is -1.38. The maximum absolute atomic E-state index is 13.4. The summed E-state index contributed by atoms with van der Waals surface area (Å²) < 4.78 is 45.0. The monoisotopic (exact) mass is 507 g/mol. The molecule has 36 heavy (non-hydrogen) atoms. The molecular weight excluding hydrogens is 473 g/mol. The van der Waals surface area contributed by atoms with E-state index in [0.717, 1.165) is 73.9 Å². The van der Waals surface area contributed by atoms with Gasteiger partial charge in [0.05, 0.1) is 16.6 Å². The van der Waals surface area contributed by atoms with E-state index in [4.69, 9.17) is 5.10 Å². The van der Waals surface area contributed by atoms with E-state index in [2.05, 4.69) is 35.9 Å². The van der Waals surface area contributed by atoms with Crippen LogP contribution in [0.2, 0.25) is 0 Å². The van der Waals surface area contributed by atoms with Gasteiger partial charge in [-0.1, -0.05) is 25.5 Å². The predicted molar refractivity (Wildman–Crippen MR) is 140 cm³/mol. The van der Waals surface area contributed by atoms with Gasteiger partial charge in [0.15, 0.2) is 0 Å². The molecule has 1 saturated carbocycles. The van der Waals surface area contributed by atoms with E-state index >= 15 is 0 Å². The summed E-state index contributed by atoms with van der Waals surface area (Å²) in [5.41, 5.74) is 6.19. The Hall–Kier alpha value is -2.51. The Bertz CT molecular complexity index is 1400. The Morgan fingerprint density at radius 3 is 2.39 bits per heavy atom. The third-order valence-corrected chi connectivity index (χ3v) is 11.1. The molecule has 4 atom stereocenters. The summed E-state index contributed by atoms with van der Waals surface area (Å²) >= 11 is 0. The number of hydrogen-bond donors (Lipinski definition) is 1. The molecule has 2 heterocycles. The summed E-state index contributed by atoms with van der Waals surface area (Å²) in [4.78, 5) is 0. The first kappa shape index (κ1) is 23.9. The van der Waals surface area contributed by atoms with Crippen LogP contribution in [0.1, 0.15) is 56.6 Å². The van der Waals surface area contributed by atoms with Crippen LogP contribution in [0, 0.1) is 17.7 Å². The topological polar surface area (TPSA) is 64.0 Å². The number of benzene rings is 2. The molecule has 2 bridgehead atoms. The Balaban J connectivity index is 1.30. The van der Waals surface area contributed by atoms with Crippen molar-refractivity contribution in [2.45, 2.75) is 69.1 Å². The summed E-state index contributed by atoms with van der Waals surface area (Å²) in [6.07, 6.45) is 7.37. The van der Waals surface area contributed by atoms with Crippen LogP contribution in [-0.2, 0) is 29.9 Å². The highest BCUT2D eigenvalue weighted by molar-refractivity contribution is 7.90. The van der Waals surface area contributed by atoms with Crippen LogP contribution < -0.4 is 4.72 Å². The van der Waals surface area contributed by atoms with Gasteiger partial charge in [0, 0.05) is 18.2 Å². The largest absolute Gasteiger partial charge is 0.267 e. The number of fused-ring (bicyclic) bond motifs is 1. The quantitative estimate of drug-likeness (QED) is 0.497. The minimum atomic E-state index is -3.29. The molecule has 190 valence electrons. The van der Waals surface area contributed by atoms with Crippen molar-refractivity contribution in [3.8, 4) is 22.5 Å². The fourth-order valence-electron chi connectivity index (χ4n) is 7.17. The van der Waals surface area contributed by atoms with Crippen molar-refractivity contribution in [2.24, 2.45) is 18.9 Å². The van der Waals surface area contributed by atoms with E-state index in [1.165, 1.54) is 23.3 Å². The first-order valence-electron chi connectivity index (χ1n) is 13.2. The number of nitrogens with one attached hydrogen (secondary N) is 1. The van der Waals surface area contributed by atoms with Crippen molar-refractivity contribution in [3.05, 3.63) is 65.5 Å². The van der Waals surface area contributed by atoms with Crippen LogP contribution in [0.5, 0.6) is 0 Å². The zero-order chi connectivity index (χ0) is 25.1. The average Bonchev–Trinajstić information content (AvgIpc) is 3.33. The van der Waals surface area contributed by atoms with Crippen LogP contribution in [0.15, 0.2) is 48.5 Å². The third kappa shape index (κ3) is 3.91. The molecule has 7 heteroatoms. The number of hydrogen-bond acceptors (Lipinski definition) is 3.